The van der Waals surface area contributed by atoms with Crippen molar-refractivity contribution in [2.24, 2.45) is 0 Å². The molecule has 1 spiro atoms. The van der Waals surface area contributed by atoms with Crippen molar-refractivity contribution < 1.29 is 19.7 Å². The second-order valence-electron chi connectivity index (χ2n) is 13.2. The predicted molar refractivity (Wildman–Crippen MR) is 164 cm³/mol. The third-order valence-corrected chi connectivity index (χ3v) is 9.07. The lowest BCUT2D eigenvalue weighted by Gasteiger charge is -2.31. The van der Waals surface area contributed by atoms with Gasteiger partial charge in [0, 0.05) is 17.5 Å². The molecule has 0 saturated heterocycles. The fraction of sp³-hybridized carbons (Fsp3) is 0.314. The number of rotatable bonds is 4. The summed E-state index contributed by atoms with van der Waals surface area (Å²) in [7, 11) is 0. The van der Waals surface area contributed by atoms with Crippen LogP contribution in [0.3, 0.4) is 0 Å². The van der Waals surface area contributed by atoms with Gasteiger partial charge in [0.05, 0.1) is 11.4 Å². The minimum Gasteiger partial charge on any atom is -0.506 e. The SMILES string of the molecule is Cc1cc2c(cc1Oc1ccc(N)c(O)c1)C(C)(C)CC21CC(C)(C)c2cc(Oc3ccc(N)c(O)c3)c(C)cc21. The highest BCUT2D eigenvalue weighted by Gasteiger charge is 2.56. The number of ether oxygens (including phenoxy) is 2. The average Bonchev–Trinajstić information content (AvgIpc) is 3.23. The molecule has 4 aromatic rings. The Morgan fingerprint density at radius 3 is 1.34 bits per heavy atom. The number of fused-ring (bicyclic) bond motifs is 4. The Balaban J connectivity index is 1.44. The van der Waals surface area contributed by atoms with Gasteiger partial charge in [0.2, 0.25) is 0 Å². The number of phenolic OH excluding ortho intramolecular Hbond substituents is 2. The molecule has 2 aliphatic rings. The lowest BCUT2D eigenvalue weighted by atomic mass is 9.72. The van der Waals surface area contributed by atoms with E-state index in [0.717, 1.165) is 35.5 Å². The maximum Gasteiger partial charge on any atom is 0.142 e. The Morgan fingerprint density at radius 2 is 0.976 bits per heavy atom. The number of anilines is 2. The normalized spacial score (nSPS) is 17.3. The average molecular weight is 551 g/mol. The first-order valence-electron chi connectivity index (χ1n) is 14.0. The zero-order valence-corrected chi connectivity index (χ0v) is 24.6. The molecule has 6 rings (SSSR count). The number of hydrogen-bond acceptors (Lipinski definition) is 6. The topological polar surface area (TPSA) is 111 Å². The first kappa shape index (κ1) is 26.9. The molecular formula is C35H38N2O4. The molecule has 6 N–H and O–H groups in total. The maximum absolute atomic E-state index is 10.1. The first-order valence-corrected chi connectivity index (χ1v) is 14.0. The van der Waals surface area contributed by atoms with Gasteiger partial charge in [-0.25, -0.2) is 0 Å². The van der Waals surface area contributed by atoms with Crippen LogP contribution in [0.25, 0.3) is 0 Å². The van der Waals surface area contributed by atoms with E-state index in [1.54, 1.807) is 36.4 Å². The summed E-state index contributed by atoms with van der Waals surface area (Å²) >= 11 is 0. The van der Waals surface area contributed by atoms with Crippen LogP contribution in [-0.4, -0.2) is 10.2 Å². The maximum atomic E-state index is 10.1. The van der Waals surface area contributed by atoms with Crippen LogP contribution in [-0.2, 0) is 16.2 Å². The van der Waals surface area contributed by atoms with Gasteiger partial charge in [-0.3, -0.25) is 0 Å². The molecule has 0 radical (unpaired) electrons. The molecule has 0 fully saturated rings. The van der Waals surface area contributed by atoms with Gasteiger partial charge in [0.15, 0.2) is 0 Å². The second kappa shape index (κ2) is 8.84. The highest BCUT2D eigenvalue weighted by atomic mass is 16.5. The van der Waals surface area contributed by atoms with Crippen molar-refractivity contribution in [1.82, 2.24) is 0 Å². The Bertz CT molecular complexity index is 1590. The third-order valence-electron chi connectivity index (χ3n) is 9.07. The van der Waals surface area contributed by atoms with Crippen LogP contribution < -0.4 is 20.9 Å². The van der Waals surface area contributed by atoms with Gasteiger partial charge in [-0.05, 0) is 107 Å². The van der Waals surface area contributed by atoms with Gasteiger partial charge in [-0.15, -0.1) is 0 Å². The number of hydrogen-bond donors (Lipinski definition) is 4. The molecule has 0 aromatic heterocycles. The van der Waals surface area contributed by atoms with E-state index in [2.05, 4.69) is 65.8 Å². The molecule has 6 nitrogen and oxygen atoms in total. The van der Waals surface area contributed by atoms with E-state index < -0.39 is 0 Å². The van der Waals surface area contributed by atoms with Crippen LogP contribution in [0.15, 0.2) is 60.7 Å². The fourth-order valence-corrected chi connectivity index (χ4v) is 7.22. The first-order chi connectivity index (χ1) is 19.2. The number of nitrogens with two attached hydrogens (primary N) is 2. The van der Waals surface area contributed by atoms with Crippen molar-refractivity contribution >= 4 is 11.4 Å². The van der Waals surface area contributed by atoms with Crippen LogP contribution in [0.5, 0.6) is 34.5 Å². The molecule has 2 aliphatic carbocycles. The lowest BCUT2D eigenvalue weighted by Crippen LogP contribution is -2.27. The molecule has 0 bridgehead atoms. The Kier molecular flexibility index (Phi) is 5.79. The van der Waals surface area contributed by atoms with Crippen LogP contribution in [0.2, 0.25) is 0 Å². The standard InChI is InChI=1S/C35H38N2O4/c1-19-11-25-23(15-31(19)40-21-7-9-27(36)29(38)13-21)33(3,4)17-35(25)18-34(5,6)24-16-32(20(2)12-26(24)35)41-22-8-10-28(37)30(39)14-22/h7-16,38-39H,17-18,36-37H2,1-6H3. The van der Waals surface area contributed by atoms with E-state index in [4.69, 9.17) is 20.9 Å². The number of phenols is 2. The monoisotopic (exact) mass is 550 g/mol. The molecule has 6 heteroatoms. The highest BCUT2D eigenvalue weighted by Crippen LogP contribution is 2.64. The molecule has 0 atom stereocenters. The summed E-state index contributed by atoms with van der Waals surface area (Å²) in [4.78, 5) is 0. The van der Waals surface area contributed by atoms with E-state index in [0.29, 0.717) is 22.9 Å². The molecule has 0 saturated carbocycles. The molecule has 0 aliphatic heterocycles. The van der Waals surface area contributed by atoms with E-state index in [-0.39, 0.29) is 27.7 Å². The van der Waals surface area contributed by atoms with E-state index in [9.17, 15) is 10.2 Å². The fourth-order valence-electron chi connectivity index (χ4n) is 7.22. The molecule has 41 heavy (non-hydrogen) atoms. The summed E-state index contributed by atoms with van der Waals surface area (Å²) in [5, 5.41) is 20.2. The molecule has 4 aromatic carbocycles. The summed E-state index contributed by atoms with van der Waals surface area (Å²) in [6.45, 7) is 13.4. The summed E-state index contributed by atoms with van der Waals surface area (Å²) in [5.74, 6) is 2.68. The Labute approximate surface area is 241 Å². The van der Waals surface area contributed by atoms with Gasteiger partial charge >= 0.3 is 0 Å². The zero-order valence-electron chi connectivity index (χ0n) is 24.6. The minimum absolute atomic E-state index is 0.0114. The predicted octanol–water partition coefficient (Wildman–Crippen LogP) is 8.11. The summed E-state index contributed by atoms with van der Waals surface area (Å²) in [6.07, 6.45) is 1.98. The van der Waals surface area contributed by atoms with Gasteiger partial charge in [0.1, 0.15) is 34.5 Å². The molecular weight excluding hydrogens is 512 g/mol. The molecule has 212 valence electrons. The van der Waals surface area contributed by atoms with E-state index >= 15 is 0 Å². The Morgan fingerprint density at radius 1 is 0.585 bits per heavy atom. The van der Waals surface area contributed by atoms with E-state index in [1.165, 1.54) is 22.3 Å². The summed E-state index contributed by atoms with van der Waals surface area (Å²) in [6, 6.07) is 19.0. The number of aromatic hydroxyl groups is 2. The third kappa shape index (κ3) is 4.24. The van der Waals surface area contributed by atoms with Gasteiger partial charge in [-0.1, -0.05) is 39.8 Å². The quantitative estimate of drug-likeness (QED) is 0.151. The smallest absolute Gasteiger partial charge is 0.142 e. The number of aryl methyl sites for hydroxylation is 2. The van der Waals surface area contributed by atoms with Gasteiger partial charge < -0.3 is 31.2 Å². The molecule has 0 unspecified atom stereocenters. The van der Waals surface area contributed by atoms with Crippen molar-refractivity contribution in [1.29, 1.82) is 0 Å². The zero-order chi connectivity index (χ0) is 29.5. The van der Waals surface area contributed by atoms with Crippen LogP contribution in [0.1, 0.15) is 73.9 Å². The summed E-state index contributed by atoms with van der Waals surface area (Å²) < 4.78 is 12.5. The Hall–Kier alpha value is -4.32. The van der Waals surface area contributed by atoms with E-state index in [1.807, 2.05) is 0 Å². The van der Waals surface area contributed by atoms with Crippen LogP contribution in [0.4, 0.5) is 11.4 Å². The van der Waals surface area contributed by atoms with Crippen molar-refractivity contribution in [2.45, 2.75) is 70.6 Å². The van der Waals surface area contributed by atoms with Crippen LogP contribution >= 0.6 is 0 Å². The van der Waals surface area contributed by atoms with Gasteiger partial charge in [-0.2, -0.15) is 0 Å². The second-order valence-corrected chi connectivity index (χ2v) is 13.2. The van der Waals surface area contributed by atoms with Crippen LogP contribution in [0, 0.1) is 13.8 Å². The van der Waals surface area contributed by atoms with Crippen molar-refractivity contribution in [3.63, 3.8) is 0 Å². The lowest BCUT2D eigenvalue weighted by molar-refractivity contribution is 0.349. The largest absolute Gasteiger partial charge is 0.506 e. The number of benzene rings is 4. The van der Waals surface area contributed by atoms with Crippen molar-refractivity contribution in [2.75, 3.05) is 11.5 Å². The highest BCUT2D eigenvalue weighted by molar-refractivity contribution is 5.65. The number of nitrogen functional groups attached to an aromatic ring is 2. The van der Waals surface area contributed by atoms with Crippen molar-refractivity contribution in [3.05, 3.63) is 94.0 Å². The molecule has 0 amide bonds. The van der Waals surface area contributed by atoms with Crippen molar-refractivity contribution in [3.8, 4) is 34.5 Å². The molecule has 0 heterocycles. The minimum atomic E-state index is -0.136. The summed E-state index contributed by atoms with van der Waals surface area (Å²) in [5.41, 5.74) is 19.3. The van der Waals surface area contributed by atoms with Gasteiger partial charge in [0.25, 0.3) is 0 Å².